The van der Waals surface area contributed by atoms with E-state index >= 15 is 0 Å². The van der Waals surface area contributed by atoms with E-state index in [-0.39, 0.29) is 17.6 Å². The number of rotatable bonds is 4. The minimum absolute atomic E-state index is 0.0227. The molecule has 2 aliphatic rings. The van der Waals surface area contributed by atoms with Crippen molar-refractivity contribution < 1.29 is 14.3 Å². The Balaban J connectivity index is 1.54. The fourth-order valence-corrected chi connectivity index (χ4v) is 3.67. The lowest BCUT2D eigenvalue weighted by molar-refractivity contribution is -0.145. The largest absolute Gasteiger partial charge is 0.377 e. The zero-order valence-electron chi connectivity index (χ0n) is 13.4. The molecule has 2 saturated heterocycles. The van der Waals surface area contributed by atoms with Crippen LogP contribution in [-0.2, 0) is 14.3 Å². The second-order valence-electron chi connectivity index (χ2n) is 6.28. The van der Waals surface area contributed by atoms with Gasteiger partial charge in [0.1, 0.15) is 0 Å². The molecule has 1 aromatic carbocycles. The monoisotopic (exact) mass is 338 g/mol. The Morgan fingerprint density at radius 1 is 1.43 bits per heavy atom. The summed E-state index contributed by atoms with van der Waals surface area (Å²) in [7, 11) is 1.73. The molecule has 5 nitrogen and oxygen atoms in total. The van der Waals surface area contributed by atoms with E-state index in [2.05, 4.69) is 10.2 Å². The lowest BCUT2D eigenvalue weighted by Crippen LogP contribution is -2.57. The minimum Gasteiger partial charge on any atom is -0.377 e. The highest BCUT2D eigenvalue weighted by atomic mass is 35.5. The van der Waals surface area contributed by atoms with Gasteiger partial charge in [0.2, 0.25) is 5.91 Å². The van der Waals surface area contributed by atoms with Gasteiger partial charge in [-0.05, 0) is 43.5 Å². The second kappa shape index (κ2) is 7.18. The minimum atomic E-state index is -0.141. The lowest BCUT2D eigenvalue weighted by Gasteiger charge is -2.44. The van der Waals surface area contributed by atoms with Crippen LogP contribution in [0.4, 0.5) is 5.69 Å². The normalized spacial score (nSPS) is 28.2. The molecule has 0 radical (unpaired) electrons. The standard InChI is InChI=1S/C17H23ClN2O3/c1-22-15-11-20(9-8-17(15)7-2-10-23-17)12-16(21)19-14-5-3-13(18)4-6-14/h3-6,15H,2,7-12H2,1H3,(H,19,21). The smallest absolute Gasteiger partial charge is 0.238 e. The van der Waals surface area contributed by atoms with Crippen molar-refractivity contribution in [2.75, 3.05) is 38.7 Å². The van der Waals surface area contributed by atoms with Gasteiger partial charge in [-0.3, -0.25) is 9.69 Å². The number of hydrogen-bond acceptors (Lipinski definition) is 4. The third kappa shape index (κ3) is 3.86. The number of halogens is 1. The lowest BCUT2D eigenvalue weighted by atomic mass is 9.86. The summed E-state index contributed by atoms with van der Waals surface area (Å²) in [5.74, 6) is -0.0227. The zero-order chi connectivity index (χ0) is 16.3. The van der Waals surface area contributed by atoms with Crippen molar-refractivity contribution in [3.05, 3.63) is 29.3 Å². The maximum atomic E-state index is 12.2. The van der Waals surface area contributed by atoms with Crippen molar-refractivity contribution in [3.8, 4) is 0 Å². The van der Waals surface area contributed by atoms with Crippen molar-refractivity contribution >= 4 is 23.2 Å². The number of methoxy groups -OCH3 is 1. The van der Waals surface area contributed by atoms with Crippen LogP contribution in [0.5, 0.6) is 0 Å². The van der Waals surface area contributed by atoms with E-state index in [1.54, 1.807) is 31.4 Å². The van der Waals surface area contributed by atoms with Gasteiger partial charge in [0, 0.05) is 37.5 Å². The van der Waals surface area contributed by atoms with Gasteiger partial charge < -0.3 is 14.8 Å². The first kappa shape index (κ1) is 16.7. The van der Waals surface area contributed by atoms with Crippen LogP contribution in [0, 0.1) is 0 Å². The van der Waals surface area contributed by atoms with Crippen LogP contribution in [0.3, 0.4) is 0 Å². The number of benzene rings is 1. The average Bonchev–Trinajstić information content (AvgIpc) is 3.01. The SMILES string of the molecule is COC1CN(CC(=O)Nc2ccc(Cl)cc2)CCC12CCCO2. The number of carbonyl (C=O) groups excluding carboxylic acids is 1. The Hall–Kier alpha value is -1.14. The van der Waals surface area contributed by atoms with Crippen LogP contribution in [0.2, 0.25) is 5.02 Å². The average molecular weight is 339 g/mol. The Kier molecular flexibility index (Phi) is 5.21. The maximum absolute atomic E-state index is 12.2. The first-order valence-electron chi connectivity index (χ1n) is 8.06. The zero-order valence-corrected chi connectivity index (χ0v) is 14.1. The summed E-state index contributed by atoms with van der Waals surface area (Å²) in [5, 5.41) is 3.56. The van der Waals surface area contributed by atoms with Gasteiger partial charge in [0.25, 0.3) is 0 Å². The van der Waals surface area contributed by atoms with Gasteiger partial charge in [-0.2, -0.15) is 0 Å². The van der Waals surface area contributed by atoms with Gasteiger partial charge in [0.05, 0.1) is 18.2 Å². The van der Waals surface area contributed by atoms with E-state index in [9.17, 15) is 4.79 Å². The molecule has 0 saturated carbocycles. The molecule has 0 aliphatic carbocycles. The number of piperidine rings is 1. The number of likely N-dealkylation sites (tertiary alicyclic amines) is 1. The van der Waals surface area contributed by atoms with E-state index in [0.29, 0.717) is 11.6 Å². The van der Waals surface area contributed by atoms with Gasteiger partial charge >= 0.3 is 0 Å². The summed E-state index contributed by atoms with van der Waals surface area (Å²) in [4.78, 5) is 14.3. The van der Waals surface area contributed by atoms with Gasteiger partial charge in [-0.15, -0.1) is 0 Å². The van der Waals surface area contributed by atoms with Crippen LogP contribution in [0.15, 0.2) is 24.3 Å². The molecule has 2 aliphatic heterocycles. The quantitative estimate of drug-likeness (QED) is 0.916. The topological polar surface area (TPSA) is 50.8 Å². The molecular formula is C17H23ClN2O3. The van der Waals surface area contributed by atoms with E-state index < -0.39 is 0 Å². The summed E-state index contributed by atoms with van der Waals surface area (Å²) < 4.78 is 11.6. The third-order valence-corrected chi connectivity index (χ3v) is 5.03. The van der Waals surface area contributed by atoms with E-state index in [0.717, 1.165) is 44.6 Å². The van der Waals surface area contributed by atoms with Crippen molar-refractivity contribution in [1.82, 2.24) is 4.90 Å². The molecule has 2 heterocycles. The summed E-state index contributed by atoms with van der Waals surface area (Å²) in [6, 6.07) is 7.13. The van der Waals surface area contributed by atoms with E-state index in [4.69, 9.17) is 21.1 Å². The number of amides is 1. The van der Waals surface area contributed by atoms with Crippen LogP contribution in [0.1, 0.15) is 19.3 Å². The molecule has 2 atom stereocenters. The maximum Gasteiger partial charge on any atom is 0.238 e. The molecule has 1 amide bonds. The molecular weight excluding hydrogens is 316 g/mol. The van der Waals surface area contributed by atoms with Crippen molar-refractivity contribution in [1.29, 1.82) is 0 Å². The number of hydrogen-bond donors (Lipinski definition) is 1. The molecule has 0 bridgehead atoms. The highest BCUT2D eigenvalue weighted by Crippen LogP contribution is 2.37. The molecule has 1 spiro atoms. The molecule has 2 unspecified atom stereocenters. The molecule has 1 N–H and O–H groups in total. The number of nitrogens with one attached hydrogen (secondary N) is 1. The Labute approximate surface area is 141 Å². The second-order valence-corrected chi connectivity index (χ2v) is 6.72. The first-order chi connectivity index (χ1) is 11.1. The Morgan fingerprint density at radius 3 is 2.87 bits per heavy atom. The predicted molar refractivity (Wildman–Crippen MR) is 89.9 cm³/mol. The summed E-state index contributed by atoms with van der Waals surface area (Å²) in [6.07, 6.45) is 3.09. The molecule has 6 heteroatoms. The number of anilines is 1. The number of ether oxygens (including phenoxy) is 2. The molecule has 0 aromatic heterocycles. The van der Waals surface area contributed by atoms with Gasteiger partial charge in [0.15, 0.2) is 0 Å². The third-order valence-electron chi connectivity index (χ3n) is 4.78. The van der Waals surface area contributed by atoms with Gasteiger partial charge in [-0.1, -0.05) is 11.6 Å². The fraction of sp³-hybridized carbons (Fsp3) is 0.588. The van der Waals surface area contributed by atoms with Crippen LogP contribution < -0.4 is 5.32 Å². The van der Waals surface area contributed by atoms with Crippen LogP contribution in [-0.4, -0.2) is 55.9 Å². The molecule has 23 heavy (non-hydrogen) atoms. The number of carbonyl (C=O) groups is 1. The summed E-state index contributed by atoms with van der Waals surface area (Å²) in [5.41, 5.74) is 0.619. The molecule has 3 rings (SSSR count). The molecule has 126 valence electrons. The predicted octanol–water partition coefficient (Wildman–Crippen LogP) is 2.55. The number of nitrogens with zero attached hydrogens (tertiary/aromatic N) is 1. The van der Waals surface area contributed by atoms with E-state index in [1.807, 2.05) is 0 Å². The van der Waals surface area contributed by atoms with Crippen LogP contribution in [0.25, 0.3) is 0 Å². The Bertz CT molecular complexity index is 543. The fourth-order valence-electron chi connectivity index (χ4n) is 3.54. The first-order valence-corrected chi connectivity index (χ1v) is 8.44. The summed E-state index contributed by atoms with van der Waals surface area (Å²) >= 11 is 5.85. The highest BCUT2D eigenvalue weighted by molar-refractivity contribution is 6.30. The van der Waals surface area contributed by atoms with Gasteiger partial charge in [-0.25, -0.2) is 0 Å². The molecule has 2 fully saturated rings. The van der Waals surface area contributed by atoms with Crippen molar-refractivity contribution in [3.63, 3.8) is 0 Å². The highest BCUT2D eigenvalue weighted by Gasteiger charge is 2.46. The van der Waals surface area contributed by atoms with Crippen molar-refractivity contribution in [2.45, 2.75) is 31.0 Å². The van der Waals surface area contributed by atoms with Crippen LogP contribution >= 0.6 is 11.6 Å². The van der Waals surface area contributed by atoms with Crippen molar-refractivity contribution in [2.24, 2.45) is 0 Å². The van der Waals surface area contributed by atoms with E-state index in [1.165, 1.54) is 0 Å². The molecule has 1 aromatic rings. The summed E-state index contributed by atoms with van der Waals surface area (Å²) in [6.45, 7) is 2.76. The Morgan fingerprint density at radius 2 is 2.22 bits per heavy atom.